The van der Waals surface area contributed by atoms with Gasteiger partial charge in [-0.2, -0.15) is 5.10 Å². The number of nitrogens with zero attached hydrogens (tertiary/aromatic N) is 3. The van der Waals surface area contributed by atoms with Gasteiger partial charge in [0.1, 0.15) is 0 Å². The second-order valence-corrected chi connectivity index (χ2v) is 5.49. The van der Waals surface area contributed by atoms with Gasteiger partial charge in [0.05, 0.1) is 16.8 Å². The van der Waals surface area contributed by atoms with Gasteiger partial charge in [0.15, 0.2) is 0 Å². The van der Waals surface area contributed by atoms with Gasteiger partial charge < -0.3 is 5.11 Å². The van der Waals surface area contributed by atoms with Gasteiger partial charge in [-0.05, 0) is 39.3 Å². The van der Waals surface area contributed by atoms with Crippen molar-refractivity contribution in [3.63, 3.8) is 0 Å². The molecule has 2 heterocycles. The minimum absolute atomic E-state index is 0.549. The van der Waals surface area contributed by atoms with Crippen molar-refractivity contribution in [2.75, 3.05) is 13.1 Å². The second kappa shape index (κ2) is 5.33. The predicted octanol–water partition coefficient (Wildman–Crippen LogP) is 1.90. The second-order valence-electron chi connectivity index (χ2n) is 5.49. The van der Waals surface area contributed by atoms with Crippen molar-refractivity contribution < 1.29 is 9.90 Å². The highest BCUT2D eigenvalue weighted by molar-refractivity contribution is 5.75. The van der Waals surface area contributed by atoms with Crippen molar-refractivity contribution in [3.8, 4) is 0 Å². The molecule has 106 valence electrons. The summed E-state index contributed by atoms with van der Waals surface area (Å²) in [5, 5.41) is 13.8. The zero-order chi connectivity index (χ0) is 14.0. The molecular formula is C14H23N3O2. The maximum atomic E-state index is 11.4. The van der Waals surface area contributed by atoms with Crippen molar-refractivity contribution >= 4 is 5.97 Å². The van der Waals surface area contributed by atoms with Crippen LogP contribution in [-0.4, -0.2) is 38.8 Å². The Morgan fingerprint density at radius 2 is 2.26 bits per heavy atom. The number of likely N-dealkylation sites (tertiary alicyclic amines) is 1. The predicted molar refractivity (Wildman–Crippen MR) is 72.9 cm³/mol. The van der Waals surface area contributed by atoms with Gasteiger partial charge in [-0.1, -0.05) is 6.92 Å². The lowest BCUT2D eigenvalue weighted by Gasteiger charge is -2.23. The molecule has 1 aliphatic heterocycles. The molecule has 0 radical (unpaired) electrons. The van der Waals surface area contributed by atoms with Crippen LogP contribution in [0.5, 0.6) is 0 Å². The maximum Gasteiger partial charge on any atom is 0.310 e. The normalized spacial score (nSPS) is 23.9. The SMILES string of the molecule is CCn1nc(C)cc1CN1CCC(CC)(C(=O)O)C1. The number of hydrogen-bond donors (Lipinski definition) is 1. The van der Waals surface area contributed by atoms with E-state index in [0.717, 1.165) is 31.7 Å². The highest BCUT2D eigenvalue weighted by Crippen LogP contribution is 2.34. The minimum atomic E-state index is -0.655. The van der Waals surface area contributed by atoms with Crippen LogP contribution in [0.2, 0.25) is 0 Å². The molecule has 0 amide bonds. The zero-order valence-electron chi connectivity index (χ0n) is 12.0. The molecule has 0 aromatic carbocycles. The van der Waals surface area contributed by atoms with E-state index in [0.29, 0.717) is 13.0 Å². The molecular weight excluding hydrogens is 242 g/mol. The first-order valence-electron chi connectivity index (χ1n) is 7.00. The molecule has 1 aromatic heterocycles. The Morgan fingerprint density at radius 1 is 1.53 bits per heavy atom. The first-order chi connectivity index (χ1) is 9.00. The maximum absolute atomic E-state index is 11.4. The molecule has 5 heteroatoms. The summed E-state index contributed by atoms with van der Waals surface area (Å²) in [6, 6.07) is 2.09. The van der Waals surface area contributed by atoms with E-state index >= 15 is 0 Å². The zero-order valence-corrected chi connectivity index (χ0v) is 12.0. The summed E-state index contributed by atoms with van der Waals surface area (Å²) in [7, 11) is 0. The molecule has 0 spiro atoms. The monoisotopic (exact) mass is 265 g/mol. The van der Waals surface area contributed by atoms with Crippen molar-refractivity contribution in [3.05, 3.63) is 17.5 Å². The Bertz CT molecular complexity index is 469. The van der Waals surface area contributed by atoms with Gasteiger partial charge in [-0.25, -0.2) is 0 Å². The van der Waals surface area contributed by atoms with Gasteiger partial charge >= 0.3 is 5.97 Å². The molecule has 2 rings (SSSR count). The number of rotatable bonds is 5. The van der Waals surface area contributed by atoms with Crippen LogP contribution in [0.25, 0.3) is 0 Å². The molecule has 19 heavy (non-hydrogen) atoms. The van der Waals surface area contributed by atoms with Gasteiger partial charge in [0.25, 0.3) is 0 Å². The van der Waals surface area contributed by atoms with Crippen molar-refractivity contribution in [2.24, 2.45) is 5.41 Å². The van der Waals surface area contributed by atoms with Crippen LogP contribution in [-0.2, 0) is 17.9 Å². The molecule has 1 N–H and O–H groups in total. The molecule has 0 saturated carbocycles. The Morgan fingerprint density at radius 3 is 2.79 bits per heavy atom. The van der Waals surface area contributed by atoms with Crippen LogP contribution in [0.15, 0.2) is 6.07 Å². The summed E-state index contributed by atoms with van der Waals surface area (Å²) in [4.78, 5) is 13.7. The minimum Gasteiger partial charge on any atom is -0.481 e. The number of hydrogen-bond acceptors (Lipinski definition) is 3. The van der Waals surface area contributed by atoms with Crippen LogP contribution >= 0.6 is 0 Å². The van der Waals surface area contributed by atoms with Crippen molar-refractivity contribution in [2.45, 2.75) is 46.7 Å². The fraction of sp³-hybridized carbons (Fsp3) is 0.714. The Balaban J connectivity index is 2.07. The molecule has 1 saturated heterocycles. The molecule has 1 aromatic rings. The summed E-state index contributed by atoms with van der Waals surface area (Å²) in [6.45, 7) is 9.19. The average Bonchev–Trinajstić information content (AvgIpc) is 2.94. The van der Waals surface area contributed by atoms with E-state index in [1.54, 1.807) is 0 Å². The van der Waals surface area contributed by atoms with Crippen LogP contribution in [0.3, 0.4) is 0 Å². The van der Waals surface area contributed by atoms with Crippen molar-refractivity contribution in [1.29, 1.82) is 0 Å². The highest BCUT2D eigenvalue weighted by Gasteiger charge is 2.43. The van der Waals surface area contributed by atoms with Gasteiger partial charge in [-0.3, -0.25) is 14.4 Å². The topological polar surface area (TPSA) is 58.4 Å². The van der Waals surface area contributed by atoms with Gasteiger partial charge in [0, 0.05) is 19.6 Å². The largest absolute Gasteiger partial charge is 0.481 e. The number of carbonyl (C=O) groups is 1. The number of aryl methyl sites for hydroxylation is 2. The smallest absolute Gasteiger partial charge is 0.310 e. The lowest BCUT2D eigenvalue weighted by atomic mass is 9.84. The average molecular weight is 265 g/mol. The Kier molecular flexibility index (Phi) is 3.94. The quantitative estimate of drug-likeness (QED) is 0.883. The van der Waals surface area contributed by atoms with E-state index in [9.17, 15) is 9.90 Å². The molecule has 1 atom stereocenters. The first kappa shape index (κ1) is 14.1. The highest BCUT2D eigenvalue weighted by atomic mass is 16.4. The molecule has 5 nitrogen and oxygen atoms in total. The first-order valence-corrected chi connectivity index (χ1v) is 7.00. The van der Waals surface area contributed by atoms with E-state index in [2.05, 4.69) is 23.0 Å². The van der Waals surface area contributed by atoms with Gasteiger partial charge in [-0.15, -0.1) is 0 Å². The number of aliphatic carboxylic acids is 1. The van der Waals surface area contributed by atoms with E-state index < -0.39 is 11.4 Å². The third-order valence-corrected chi connectivity index (χ3v) is 4.23. The van der Waals surface area contributed by atoms with E-state index in [4.69, 9.17) is 0 Å². The molecule has 0 aliphatic carbocycles. The number of aromatic nitrogens is 2. The fourth-order valence-electron chi connectivity index (χ4n) is 2.94. The standard InChI is InChI=1S/C14H23N3O2/c1-4-14(13(18)19)6-7-16(10-14)9-12-8-11(3)15-17(12)5-2/h8H,4-7,9-10H2,1-3H3,(H,18,19). The van der Waals surface area contributed by atoms with E-state index in [1.165, 1.54) is 5.69 Å². The molecule has 1 unspecified atom stereocenters. The lowest BCUT2D eigenvalue weighted by molar-refractivity contribution is -0.148. The molecule has 0 bridgehead atoms. The summed E-state index contributed by atoms with van der Waals surface area (Å²) in [6.07, 6.45) is 1.45. The lowest BCUT2D eigenvalue weighted by Crippen LogP contribution is -2.34. The number of carboxylic acids is 1. The van der Waals surface area contributed by atoms with Crippen LogP contribution < -0.4 is 0 Å². The summed E-state index contributed by atoms with van der Waals surface area (Å²) in [5.74, 6) is -0.655. The van der Waals surface area contributed by atoms with E-state index in [1.807, 2.05) is 18.5 Å². The fourth-order valence-corrected chi connectivity index (χ4v) is 2.94. The number of carboxylic acid groups (broad SMARTS) is 1. The van der Waals surface area contributed by atoms with Crippen LogP contribution in [0.4, 0.5) is 0 Å². The molecule has 1 aliphatic rings. The summed E-state index contributed by atoms with van der Waals surface area (Å²) in [5.41, 5.74) is 1.65. The van der Waals surface area contributed by atoms with Crippen LogP contribution in [0.1, 0.15) is 38.1 Å². The summed E-state index contributed by atoms with van der Waals surface area (Å²) >= 11 is 0. The Labute approximate surface area is 114 Å². The third-order valence-electron chi connectivity index (χ3n) is 4.23. The van der Waals surface area contributed by atoms with E-state index in [-0.39, 0.29) is 0 Å². The van der Waals surface area contributed by atoms with Crippen molar-refractivity contribution in [1.82, 2.24) is 14.7 Å². The Hall–Kier alpha value is -1.36. The van der Waals surface area contributed by atoms with Gasteiger partial charge in [0.2, 0.25) is 0 Å². The summed E-state index contributed by atoms with van der Waals surface area (Å²) < 4.78 is 2.00. The van der Waals surface area contributed by atoms with Crippen LogP contribution in [0, 0.1) is 12.3 Å². The third kappa shape index (κ3) is 2.66. The molecule has 1 fully saturated rings.